The van der Waals surface area contributed by atoms with E-state index in [9.17, 15) is 13.2 Å². The van der Waals surface area contributed by atoms with E-state index >= 15 is 0 Å². The third-order valence-electron chi connectivity index (χ3n) is 2.15. The minimum absolute atomic E-state index is 0.130. The number of furan rings is 1. The number of hydrogen-bond acceptors (Lipinski definition) is 5. The molecule has 1 rings (SSSR count). The van der Waals surface area contributed by atoms with E-state index in [1.807, 2.05) is 19.0 Å². The number of carboxylic acid groups (broad SMARTS) is 1. The fourth-order valence-electron chi connectivity index (χ4n) is 1.55. The predicted octanol–water partition coefficient (Wildman–Crippen LogP) is 0.969. The highest BCUT2D eigenvalue weighted by Crippen LogP contribution is 2.26. The number of nitrogens with zero attached hydrogens (tertiary/aromatic N) is 1. The molecule has 7 nitrogen and oxygen atoms in total. The van der Waals surface area contributed by atoms with E-state index in [-0.39, 0.29) is 15.6 Å². The first-order valence-corrected chi connectivity index (χ1v) is 7.60. The molecule has 1 unspecified atom stereocenters. The Morgan fingerprint density at radius 2 is 2.16 bits per heavy atom. The molecule has 0 spiro atoms. The van der Waals surface area contributed by atoms with Crippen LogP contribution in [-0.2, 0) is 10.0 Å². The third kappa shape index (κ3) is 4.30. The molecular weight excluding hydrogens is 340 g/mol. The van der Waals surface area contributed by atoms with E-state index in [1.54, 1.807) is 6.92 Å². The van der Waals surface area contributed by atoms with Gasteiger partial charge in [0, 0.05) is 18.7 Å². The molecule has 1 aromatic rings. The van der Waals surface area contributed by atoms with E-state index in [2.05, 4.69) is 20.7 Å². The molecule has 0 fully saturated rings. The number of halogens is 1. The topological polar surface area (TPSA) is 99.9 Å². The molecule has 0 aliphatic heterocycles. The summed E-state index contributed by atoms with van der Waals surface area (Å²) in [5.74, 6) is -1.77. The summed E-state index contributed by atoms with van der Waals surface area (Å²) >= 11 is 2.90. The molecule has 0 saturated heterocycles. The normalized spacial score (nSPS) is 13.7. The van der Waals surface area contributed by atoms with E-state index in [4.69, 9.17) is 9.52 Å². The highest BCUT2D eigenvalue weighted by molar-refractivity contribution is 9.10. The summed E-state index contributed by atoms with van der Waals surface area (Å²) in [6.45, 7) is 2.23. The zero-order chi connectivity index (χ0) is 14.8. The van der Waals surface area contributed by atoms with Crippen LogP contribution < -0.4 is 4.72 Å². The van der Waals surface area contributed by atoms with Gasteiger partial charge in [-0.1, -0.05) is 0 Å². The second-order valence-corrected chi connectivity index (χ2v) is 6.74. The van der Waals surface area contributed by atoms with Gasteiger partial charge in [-0.2, -0.15) is 0 Å². The van der Waals surface area contributed by atoms with Crippen LogP contribution in [0.25, 0.3) is 0 Å². The first-order valence-electron chi connectivity index (χ1n) is 5.33. The van der Waals surface area contributed by atoms with Gasteiger partial charge in [-0.3, -0.25) is 0 Å². The summed E-state index contributed by atoms with van der Waals surface area (Å²) in [5.41, 5.74) is 0. The summed E-state index contributed by atoms with van der Waals surface area (Å²) in [7, 11) is -0.188. The number of nitrogens with one attached hydrogen (secondary N) is 1. The maximum absolute atomic E-state index is 12.1. The zero-order valence-electron chi connectivity index (χ0n) is 10.7. The van der Waals surface area contributed by atoms with Gasteiger partial charge in [-0.05, 0) is 36.9 Å². The van der Waals surface area contributed by atoms with Crippen LogP contribution in [-0.4, -0.2) is 51.1 Å². The number of aromatic carboxylic acids is 1. The van der Waals surface area contributed by atoms with Crippen molar-refractivity contribution in [2.24, 2.45) is 0 Å². The maximum Gasteiger partial charge on any atom is 0.371 e. The molecule has 0 saturated carbocycles. The number of sulfonamides is 1. The Labute approximate surface area is 119 Å². The minimum Gasteiger partial charge on any atom is -0.475 e. The van der Waals surface area contributed by atoms with Crippen molar-refractivity contribution in [2.45, 2.75) is 17.9 Å². The van der Waals surface area contributed by atoms with Crippen molar-refractivity contribution in [1.82, 2.24) is 9.62 Å². The molecule has 1 aromatic heterocycles. The van der Waals surface area contributed by atoms with E-state index in [0.29, 0.717) is 6.54 Å². The molecule has 0 aliphatic rings. The molecule has 2 N–H and O–H groups in total. The lowest BCUT2D eigenvalue weighted by Gasteiger charge is -2.17. The molecule has 0 bridgehead atoms. The number of carbonyl (C=O) groups is 1. The highest BCUT2D eigenvalue weighted by Gasteiger charge is 2.26. The fourth-order valence-corrected chi connectivity index (χ4v) is 3.73. The van der Waals surface area contributed by atoms with E-state index in [0.717, 1.165) is 6.07 Å². The lowest BCUT2D eigenvalue weighted by atomic mass is 10.3. The van der Waals surface area contributed by atoms with Crippen LogP contribution in [0.3, 0.4) is 0 Å². The highest BCUT2D eigenvalue weighted by atomic mass is 79.9. The van der Waals surface area contributed by atoms with Crippen molar-refractivity contribution < 1.29 is 22.7 Å². The predicted molar refractivity (Wildman–Crippen MR) is 71.7 cm³/mol. The number of likely N-dealkylation sites (N-methyl/N-ethyl adjacent to an activating group) is 1. The van der Waals surface area contributed by atoms with Crippen LogP contribution in [0.4, 0.5) is 0 Å². The van der Waals surface area contributed by atoms with Crippen molar-refractivity contribution in [2.75, 3.05) is 20.6 Å². The van der Waals surface area contributed by atoms with E-state index < -0.39 is 21.8 Å². The van der Waals surface area contributed by atoms with Crippen molar-refractivity contribution in [3.8, 4) is 0 Å². The first-order chi connectivity index (χ1) is 8.63. The van der Waals surface area contributed by atoms with Crippen LogP contribution in [0.5, 0.6) is 0 Å². The van der Waals surface area contributed by atoms with Crippen LogP contribution in [0.15, 0.2) is 20.0 Å². The SMILES string of the molecule is CC(CN(C)C)NS(=O)(=O)c1cc(C(=O)O)oc1Br. The zero-order valence-corrected chi connectivity index (χ0v) is 13.1. The van der Waals surface area contributed by atoms with Crippen LogP contribution in [0.2, 0.25) is 0 Å². The molecule has 0 aliphatic carbocycles. The Kier molecular flexibility index (Phi) is 5.13. The van der Waals surface area contributed by atoms with Gasteiger partial charge in [-0.15, -0.1) is 0 Å². The summed E-state index contributed by atoms with van der Waals surface area (Å²) < 4.78 is 31.3. The largest absolute Gasteiger partial charge is 0.475 e. The molecule has 0 amide bonds. The monoisotopic (exact) mass is 354 g/mol. The average Bonchev–Trinajstić information content (AvgIpc) is 2.58. The van der Waals surface area contributed by atoms with Gasteiger partial charge in [0.2, 0.25) is 15.8 Å². The Bertz CT molecular complexity index is 566. The van der Waals surface area contributed by atoms with E-state index in [1.165, 1.54) is 0 Å². The van der Waals surface area contributed by atoms with Crippen LogP contribution in [0, 0.1) is 0 Å². The summed E-state index contributed by atoms with van der Waals surface area (Å²) in [6.07, 6.45) is 0. The fraction of sp³-hybridized carbons (Fsp3) is 0.500. The quantitative estimate of drug-likeness (QED) is 0.789. The summed E-state index contributed by atoms with van der Waals surface area (Å²) in [5, 5.41) is 8.75. The van der Waals surface area contributed by atoms with Gasteiger partial charge in [0.1, 0.15) is 4.90 Å². The Morgan fingerprint density at radius 1 is 1.58 bits per heavy atom. The number of rotatable bonds is 6. The third-order valence-corrected chi connectivity index (χ3v) is 4.60. The van der Waals surface area contributed by atoms with Gasteiger partial charge in [0.05, 0.1) is 0 Å². The Balaban J connectivity index is 2.97. The standard InChI is InChI=1S/C10H15BrN2O5S/c1-6(5-13(2)3)12-19(16,17)8-4-7(10(14)15)18-9(8)11/h4,6,12H,5H2,1-3H3,(H,14,15). The smallest absolute Gasteiger partial charge is 0.371 e. The summed E-state index contributed by atoms with van der Waals surface area (Å²) in [4.78, 5) is 12.3. The average molecular weight is 355 g/mol. The molecule has 0 radical (unpaired) electrons. The molecule has 1 atom stereocenters. The van der Waals surface area contributed by atoms with Gasteiger partial charge in [0.25, 0.3) is 0 Å². The maximum atomic E-state index is 12.1. The van der Waals surface area contributed by atoms with Crippen molar-refractivity contribution in [3.63, 3.8) is 0 Å². The Morgan fingerprint density at radius 3 is 2.58 bits per heavy atom. The van der Waals surface area contributed by atoms with Crippen molar-refractivity contribution in [1.29, 1.82) is 0 Å². The lowest BCUT2D eigenvalue weighted by Crippen LogP contribution is -2.39. The molecule has 0 aromatic carbocycles. The molecule has 108 valence electrons. The second kappa shape index (κ2) is 6.04. The van der Waals surface area contributed by atoms with Gasteiger partial charge >= 0.3 is 5.97 Å². The van der Waals surface area contributed by atoms with Gasteiger partial charge in [-0.25, -0.2) is 17.9 Å². The van der Waals surface area contributed by atoms with Crippen LogP contribution >= 0.6 is 15.9 Å². The number of hydrogen-bond donors (Lipinski definition) is 2. The van der Waals surface area contributed by atoms with Gasteiger partial charge in [0.15, 0.2) is 4.67 Å². The van der Waals surface area contributed by atoms with Crippen molar-refractivity contribution in [3.05, 3.63) is 16.5 Å². The van der Waals surface area contributed by atoms with Gasteiger partial charge < -0.3 is 14.4 Å². The molecular formula is C10H15BrN2O5S. The minimum atomic E-state index is -3.83. The molecule has 19 heavy (non-hydrogen) atoms. The van der Waals surface area contributed by atoms with Crippen LogP contribution in [0.1, 0.15) is 17.5 Å². The molecule has 9 heteroatoms. The lowest BCUT2D eigenvalue weighted by molar-refractivity contribution is 0.0661. The summed E-state index contributed by atoms with van der Waals surface area (Å²) in [6, 6.07) is 0.645. The van der Waals surface area contributed by atoms with Crippen molar-refractivity contribution >= 4 is 31.9 Å². The number of carboxylic acids is 1. The second-order valence-electron chi connectivity index (χ2n) is 4.34. The molecule has 1 heterocycles. The Hall–Kier alpha value is -0.900. The first kappa shape index (κ1) is 16.2.